The second-order valence-electron chi connectivity index (χ2n) is 6.04. The van der Waals surface area contributed by atoms with Crippen LogP contribution in [-0.4, -0.2) is 47.9 Å². The SMILES string of the molecule is Cc1ccc(C(=O)N(CCN(C)C)Cc2cccc(F)c2)c(=O)[nH]1. The summed E-state index contributed by atoms with van der Waals surface area (Å²) in [4.78, 5) is 31.0. The predicted octanol–water partition coefficient (Wildman–Crippen LogP) is 2.03. The van der Waals surface area contributed by atoms with Gasteiger partial charge in [-0.2, -0.15) is 0 Å². The second-order valence-corrected chi connectivity index (χ2v) is 6.04. The van der Waals surface area contributed by atoms with Crippen LogP contribution in [0.25, 0.3) is 0 Å². The molecule has 1 aromatic carbocycles. The Bertz CT molecular complexity index is 771. The molecule has 0 atom stereocenters. The molecule has 0 radical (unpaired) electrons. The van der Waals surface area contributed by atoms with Crippen LogP contribution in [0.3, 0.4) is 0 Å². The Balaban J connectivity index is 2.27. The topological polar surface area (TPSA) is 56.4 Å². The minimum absolute atomic E-state index is 0.0933. The van der Waals surface area contributed by atoms with Crippen LogP contribution in [0.4, 0.5) is 4.39 Å². The van der Waals surface area contributed by atoms with Crippen LogP contribution in [0.2, 0.25) is 0 Å². The van der Waals surface area contributed by atoms with Crippen LogP contribution >= 0.6 is 0 Å². The highest BCUT2D eigenvalue weighted by Crippen LogP contribution is 2.10. The largest absolute Gasteiger partial charge is 0.333 e. The molecule has 0 saturated carbocycles. The third-order valence-electron chi connectivity index (χ3n) is 3.65. The first kappa shape index (κ1) is 17.9. The molecule has 0 spiro atoms. The lowest BCUT2D eigenvalue weighted by molar-refractivity contribution is 0.0730. The van der Waals surface area contributed by atoms with Crippen molar-refractivity contribution in [3.05, 3.63) is 69.4 Å². The van der Waals surface area contributed by atoms with Gasteiger partial charge in [0.2, 0.25) is 0 Å². The fourth-order valence-corrected chi connectivity index (χ4v) is 2.34. The standard InChI is InChI=1S/C18H22FN3O2/c1-13-7-8-16(17(23)20-13)18(24)22(10-9-21(2)3)12-14-5-4-6-15(19)11-14/h4-8,11H,9-10,12H2,1-3H3,(H,20,23). The molecule has 0 saturated heterocycles. The fourth-order valence-electron chi connectivity index (χ4n) is 2.34. The van der Waals surface area contributed by atoms with Crippen molar-refractivity contribution in [2.45, 2.75) is 13.5 Å². The van der Waals surface area contributed by atoms with Crippen LogP contribution in [-0.2, 0) is 6.54 Å². The van der Waals surface area contributed by atoms with Crippen molar-refractivity contribution >= 4 is 5.91 Å². The molecule has 0 bridgehead atoms. The monoisotopic (exact) mass is 331 g/mol. The molecule has 0 unspecified atom stereocenters. The first-order valence-corrected chi connectivity index (χ1v) is 7.75. The molecule has 24 heavy (non-hydrogen) atoms. The van der Waals surface area contributed by atoms with E-state index < -0.39 is 5.56 Å². The number of halogens is 1. The van der Waals surface area contributed by atoms with Crippen molar-refractivity contribution in [2.75, 3.05) is 27.2 Å². The van der Waals surface area contributed by atoms with Crippen LogP contribution < -0.4 is 5.56 Å². The van der Waals surface area contributed by atoms with E-state index in [1.54, 1.807) is 30.0 Å². The average molecular weight is 331 g/mol. The minimum atomic E-state index is -0.408. The van der Waals surface area contributed by atoms with Gasteiger partial charge in [0.05, 0.1) is 0 Å². The molecule has 2 aromatic rings. The van der Waals surface area contributed by atoms with Crippen LogP contribution in [0.5, 0.6) is 0 Å². The van der Waals surface area contributed by atoms with E-state index in [0.717, 1.165) is 0 Å². The molecule has 0 aliphatic rings. The number of nitrogens with zero attached hydrogens (tertiary/aromatic N) is 2. The second kappa shape index (κ2) is 7.88. The van der Waals surface area contributed by atoms with E-state index in [2.05, 4.69) is 4.98 Å². The third-order valence-corrected chi connectivity index (χ3v) is 3.65. The first-order chi connectivity index (χ1) is 11.4. The normalized spacial score (nSPS) is 10.9. The van der Waals surface area contributed by atoms with Crippen LogP contribution in [0.1, 0.15) is 21.6 Å². The third kappa shape index (κ3) is 4.76. The number of rotatable bonds is 6. The van der Waals surface area contributed by atoms with Gasteiger partial charge < -0.3 is 14.8 Å². The van der Waals surface area contributed by atoms with Gasteiger partial charge in [-0.25, -0.2) is 4.39 Å². The van der Waals surface area contributed by atoms with Gasteiger partial charge in [-0.3, -0.25) is 9.59 Å². The minimum Gasteiger partial charge on any atom is -0.333 e. The Labute approximate surface area is 140 Å². The maximum Gasteiger partial charge on any atom is 0.260 e. The summed E-state index contributed by atoms with van der Waals surface area (Å²) in [6, 6.07) is 9.36. The Morgan fingerprint density at radius 1 is 1.17 bits per heavy atom. The summed E-state index contributed by atoms with van der Waals surface area (Å²) in [5.41, 5.74) is 1.07. The Morgan fingerprint density at radius 3 is 2.54 bits per heavy atom. The summed E-state index contributed by atoms with van der Waals surface area (Å²) < 4.78 is 13.4. The van der Waals surface area contributed by atoms with Crippen molar-refractivity contribution < 1.29 is 9.18 Å². The van der Waals surface area contributed by atoms with Gasteiger partial charge in [0, 0.05) is 25.3 Å². The van der Waals surface area contributed by atoms with E-state index in [1.807, 2.05) is 19.0 Å². The fraction of sp³-hybridized carbons (Fsp3) is 0.333. The lowest BCUT2D eigenvalue weighted by Crippen LogP contribution is -2.38. The number of carbonyl (C=O) groups excluding carboxylic acids is 1. The lowest BCUT2D eigenvalue weighted by atomic mass is 10.1. The Kier molecular flexibility index (Phi) is 5.87. The van der Waals surface area contributed by atoms with E-state index >= 15 is 0 Å². The zero-order valence-electron chi connectivity index (χ0n) is 14.2. The van der Waals surface area contributed by atoms with Gasteiger partial charge in [-0.15, -0.1) is 0 Å². The molecule has 1 amide bonds. The lowest BCUT2D eigenvalue weighted by Gasteiger charge is -2.24. The van der Waals surface area contributed by atoms with Gasteiger partial charge in [0.15, 0.2) is 0 Å². The number of amides is 1. The molecule has 6 heteroatoms. The number of aromatic amines is 1. The van der Waals surface area contributed by atoms with Crippen LogP contribution in [0, 0.1) is 12.7 Å². The molecule has 5 nitrogen and oxygen atoms in total. The maximum absolute atomic E-state index is 13.4. The Morgan fingerprint density at radius 2 is 1.92 bits per heavy atom. The average Bonchev–Trinajstić information content (AvgIpc) is 2.50. The van der Waals surface area contributed by atoms with Gasteiger partial charge in [-0.05, 0) is 50.8 Å². The van der Waals surface area contributed by atoms with E-state index in [4.69, 9.17) is 0 Å². The summed E-state index contributed by atoms with van der Waals surface area (Å²) in [5.74, 6) is -0.706. The van der Waals surface area contributed by atoms with E-state index in [1.165, 1.54) is 18.2 Å². The first-order valence-electron chi connectivity index (χ1n) is 7.75. The number of nitrogens with one attached hydrogen (secondary N) is 1. The number of likely N-dealkylation sites (N-methyl/N-ethyl adjacent to an activating group) is 1. The number of H-pyrrole nitrogens is 1. The van der Waals surface area contributed by atoms with Gasteiger partial charge >= 0.3 is 0 Å². The molecule has 1 N–H and O–H groups in total. The van der Waals surface area contributed by atoms with Gasteiger partial charge in [-0.1, -0.05) is 12.1 Å². The number of benzene rings is 1. The number of aromatic nitrogens is 1. The molecule has 0 aliphatic carbocycles. The quantitative estimate of drug-likeness (QED) is 0.881. The molecule has 128 valence electrons. The number of hydrogen-bond acceptors (Lipinski definition) is 3. The maximum atomic E-state index is 13.4. The van der Waals surface area contributed by atoms with Crippen molar-refractivity contribution in [1.29, 1.82) is 0 Å². The number of carbonyl (C=O) groups is 1. The smallest absolute Gasteiger partial charge is 0.260 e. The van der Waals surface area contributed by atoms with E-state index in [9.17, 15) is 14.0 Å². The molecular formula is C18H22FN3O2. The van der Waals surface area contributed by atoms with Crippen LogP contribution in [0.15, 0.2) is 41.2 Å². The summed E-state index contributed by atoms with van der Waals surface area (Å²) in [6.45, 7) is 3.09. The summed E-state index contributed by atoms with van der Waals surface area (Å²) in [7, 11) is 3.81. The van der Waals surface area contributed by atoms with Crippen molar-refractivity contribution in [3.63, 3.8) is 0 Å². The highest BCUT2D eigenvalue weighted by molar-refractivity contribution is 5.93. The highest BCUT2D eigenvalue weighted by atomic mass is 19.1. The zero-order valence-corrected chi connectivity index (χ0v) is 14.2. The Hall–Kier alpha value is -2.47. The van der Waals surface area contributed by atoms with Crippen molar-refractivity contribution in [1.82, 2.24) is 14.8 Å². The summed E-state index contributed by atoms with van der Waals surface area (Å²) in [5, 5.41) is 0. The van der Waals surface area contributed by atoms with Crippen molar-refractivity contribution in [3.8, 4) is 0 Å². The summed E-state index contributed by atoms with van der Waals surface area (Å²) in [6.07, 6.45) is 0. The van der Waals surface area contributed by atoms with E-state index in [-0.39, 0.29) is 23.8 Å². The molecular weight excluding hydrogens is 309 g/mol. The zero-order chi connectivity index (χ0) is 17.7. The molecule has 1 aromatic heterocycles. The molecule has 1 heterocycles. The molecule has 0 aliphatic heterocycles. The summed E-state index contributed by atoms with van der Waals surface area (Å²) >= 11 is 0. The molecule has 2 rings (SSSR count). The number of pyridine rings is 1. The predicted molar refractivity (Wildman–Crippen MR) is 91.5 cm³/mol. The number of hydrogen-bond donors (Lipinski definition) is 1. The van der Waals surface area contributed by atoms with Gasteiger partial charge in [0.25, 0.3) is 11.5 Å². The van der Waals surface area contributed by atoms with Gasteiger partial charge in [0.1, 0.15) is 11.4 Å². The molecule has 0 fully saturated rings. The van der Waals surface area contributed by atoms with E-state index in [0.29, 0.717) is 24.3 Å². The number of aryl methyl sites for hydroxylation is 1. The highest BCUT2D eigenvalue weighted by Gasteiger charge is 2.19. The van der Waals surface area contributed by atoms with Crippen molar-refractivity contribution in [2.24, 2.45) is 0 Å².